The third kappa shape index (κ3) is 5.80. The molecule has 5 nitrogen and oxygen atoms in total. The van der Waals surface area contributed by atoms with E-state index >= 15 is 0 Å². The number of nitrogens with zero attached hydrogens (tertiary/aromatic N) is 1. The van der Waals surface area contributed by atoms with Crippen molar-refractivity contribution in [1.29, 1.82) is 0 Å². The Morgan fingerprint density at radius 3 is 2.50 bits per heavy atom. The van der Waals surface area contributed by atoms with Crippen LogP contribution in [0.3, 0.4) is 0 Å². The topological polar surface area (TPSA) is 71.5 Å². The second-order valence-corrected chi connectivity index (χ2v) is 7.40. The molecule has 2 rings (SSSR count). The van der Waals surface area contributed by atoms with Crippen LogP contribution < -0.4 is 0 Å². The van der Waals surface area contributed by atoms with Crippen LogP contribution in [0.2, 0.25) is 0 Å². The van der Waals surface area contributed by atoms with E-state index in [9.17, 15) is 19.2 Å². The van der Waals surface area contributed by atoms with Crippen LogP contribution in [0.25, 0.3) is 0 Å². The number of piperidine rings is 1. The van der Waals surface area contributed by atoms with Gasteiger partial charge in [0.15, 0.2) is 0 Å². The average molecular weight is 375 g/mol. The summed E-state index contributed by atoms with van der Waals surface area (Å²) in [6.07, 6.45) is 2.18. The van der Waals surface area contributed by atoms with Crippen LogP contribution in [0.4, 0.5) is 0 Å². The Morgan fingerprint density at radius 1 is 1.12 bits per heavy atom. The zero-order valence-electron chi connectivity index (χ0n) is 15.1. The predicted octanol–water partition coefficient (Wildman–Crippen LogP) is 2.98. The van der Waals surface area contributed by atoms with E-state index in [2.05, 4.69) is 0 Å². The third-order valence-corrected chi connectivity index (χ3v) is 5.52. The molecule has 1 heterocycles. The first kappa shape index (κ1) is 20.4. The highest BCUT2D eigenvalue weighted by Crippen LogP contribution is 2.28. The zero-order valence-corrected chi connectivity index (χ0v) is 15.9. The van der Waals surface area contributed by atoms with Gasteiger partial charge < -0.3 is 0 Å². The molecule has 0 aromatic heterocycles. The summed E-state index contributed by atoms with van der Waals surface area (Å²) in [7, 11) is 0. The van der Waals surface area contributed by atoms with Crippen molar-refractivity contribution < 1.29 is 19.2 Å². The van der Waals surface area contributed by atoms with Gasteiger partial charge in [0, 0.05) is 25.8 Å². The molecule has 0 saturated carbocycles. The smallest absolute Gasteiger partial charge is 0.236 e. The summed E-state index contributed by atoms with van der Waals surface area (Å²) in [5.41, 5.74) is 0.933. The second-order valence-electron chi connectivity index (χ2n) is 6.41. The number of thioether (sulfide) groups is 1. The lowest BCUT2D eigenvalue weighted by Gasteiger charge is -2.31. The van der Waals surface area contributed by atoms with E-state index in [4.69, 9.17) is 0 Å². The van der Waals surface area contributed by atoms with Crippen molar-refractivity contribution in [1.82, 2.24) is 4.90 Å². The van der Waals surface area contributed by atoms with Gasteiger partial charge in [-0.05, 0) is 18.4 Å². The maximum Gasteiger partial charge on any atom is 0.236 e. The summed E-state index contributed by atoms with van der Waals surface area (Å²) in [6.45, 7) is 2.09. The lowest BCUT2D eigenvalue weighted by Crippen LogP contribution is -2.44. The number of hydrogen-bond acceptors (Lipinski definition) is 5. The van der Waals surface area contributed by atoms with Gasteiger partial charge in [-0.1, -0.05) is 37.3 Å². The zero-order chi connectivity index (χ0) is 18.9. The van der Waals surface area contributed by atoms with E-state index in [1.807, 2.05) is 30.3 Å². The number of ketones is 2. The fourth-order valence-electron chi connectivity index (χ4n) is 2.95. The van der Waals surface area contributed by atoms with Crippen LogP contribution in [0.5, 0.6) is 0 Å². The number of Topliss-reactive ketones (excluding diaryl/α,β-unsaturated/α-hetero) is 2. The molecule has 1 aliphatic heterocycles. The Hall–Kier alpha value is -1.95. The summed E-state index contributed by atoms with van der Waals surface area (Å²) in [5.74, 6) is 0.264. The minimum absolute atomic E-state index is 0.0513. The van der Waals surface area contributed by atoms with Crippen LogP contribution in [0.1, 0.15) is 50.5 Å². The predicted molar refractivity (Wildman–Crippen MR) is 102 cm³/mol. The van der Waals surface area contributed by atoms with E-state index < -0.39 is 0 Å². The number of benzene rings is 1. The van der Waals surface area contributed by atoms with E-state index in [0.29, 0.717) is 43.6 Å². The van der Waals surface area contributed by atoms with Crippen LogP contribution in [0.15, 0.2) is 30.3 Å². The number of likely N-dealkylation sites (tertiary alicyclic amines) is 1. The van der Waals surface area contributed by atoms with Gasteiger partial charge in [0.05, 0.1) is 17.4 Å². The molecule has 2 amide bonds. The standard InChI is InChI=1S/C20H25NO4S/c1-2-16(22)13-26-14-17(23)9-6-12-21-19(24)11-10-18(20(21)25)15-7-4-3-5-8-15/h3-5,7-8,18H,2,6,9-14H2,1H3. The lowest BCUT2D eigenvalue weighted by atomic mass is 9.89. The van der Waals surface area contributed by atoms with Crippen LogP contribution in [-0.2, 0) is 19.2 Å². The summed E-state index contributed by atoms with van der Waals surface area (Å²) in [6, 6.07) is 9.51. The van der Waals surface area contributed by atoms with Gasteiger partial charge in [-0.3, -0.25) is 24.1 Å². The van der Waals surface area contributed by atoms with Crippen molar-refractivity contribution in [2.75, 3.05) is 18.1 Å². The molecule has 1 aromatic carbocycles. The van der Waals surface area contributed by atoms with E-state index in [1.165, 1.54) is 16.7 Å². The molecule has 1 fully saturated rings. The Balaban J connectivity index is 1.80. The van der Waals surface area contributed by atoms with E-state index in [0.717, 1.165) is 5.56 Å². The molecular weight excluding hydrogens is 350 g/mol. The minimum atomic E-state index is -0.278. The average Bonchev–Trinajstić information content (AvgIpc) is 2.65. The molecule has 0 spiro atoms. The van der Waals surface area contributed by atoms with Crippen molar-refractivity contribution in [2.24, 2.45) is 0 Å². The molecule has 1 atom stereocenters. The highest BCUT2D eigenvalue weighted by Gasteiger charge is 2.34. The van der Waals surface area contributed by atoms with Crippen molar-refractivity contribution >= 4 is 35.1 Å². The van der Waals surface area contributed by atoms with Crippen molar-refractivity contribution in [3.05, 3.63) is 35.9 Å². The Bertz CT molecular complexity index is 659. The molecule has 6 heteroatoms. The fraction of sp³-hybridized carbons (Fsp3) is 0.500. The van der Waals surface area contributed by atoms with Gasteiger partial charge >= 0.3 is 0 Å². The summed E-state index contributed by atoms with van der Waals surface area (Å²) in [5, 5.41) is 0. The molecule has 1 aliphatic rings. The van der Waals surface area contributed by atoms with Gasteiger partial charge in [-0.2, -0.15) is 0 Å². The molecule has 1 unspecified atom stereocenters. The van der Waals surface area contributed by atoms with Crippen molar-refractivity contribution in [3.63, 3.8) is 0 Å². The Labute approximate surface area is 158 Å². The maximum atomic E-state index is 12.7. The SMILES string of the molecule is CCC(=O)CSCC(=O)CCCN1C(=O)CCC(c2ccccc2)C1=O. The highest BCUT2D eigenvalue weighted by molar-refractivity contribution is 8.00. The Morgan fingerprint density at radius 2 is 1.81 bits per heavy atom. The van der Waals surface area contributed by atoms with Gasteiger partial charge in [0.1, 0.15) is 11.6 Å². The number of carbonyl (C=O) groups is 4. The minimum Gasteiger partial charge on any atom is -0.299 e. The van der Waals surface area contributed by atoms with Gasteiger partial charge in [-0.15, -0.1) is 11.8 Å². The molecule has 0 radical (unpaired) electrons. The van der Waals surface area contributed by atoms with Crippen LogP contribution in [0, 0.1) is 0 Å². The molecule has 26 heavy (non-hydrogen) atoms. The largest absolute Gasteiger partial charge is 0.299 e. The van der Waals surface area contributed by atoms with Crippen molar-refractivity contribution in [2.45, 2.75) is 44.9 Å². The third-order valence-electron chi connectivity index (χ3n) is 4.47. The molecule has 1 saturated heterocycles. The first-order chi connectivity index (χ1) is 12.5. The number of amides is 2. The molecule has 1 aromatic rings. The second kappa shape index (κ2) is 10.3. The normalized spacial score (nSPS) is 17.4. The molecule has 140 valence electrons. The highest BCUT2D eigenvalue weighted by atomic mass is 32.2. The number of carbonyl (C=O) groups excluding carboxylic acids is 4. The van der Waals surface area contributed by atoms with Gasteiger partial charge in [0.2, 0.25) is 11.8 Å². The maximum absolute atomic E-state index is 12.7. The van der Waals surface area contributed by atoms with E-state index in [1.54, 1.807) is 6.92 Å². The van der Waals surface area contributed by atoms with Gasteiger partial charge in [0.25, 0.3) is 0 Å². The molecule has 0 aliphatic carbocycles. The first-order valence-electron chi connectivity index (χ1n) is 9.03. The first-order valence-corrected chi connectivity index (χ1v) is 10.2. The molecule has 0 N–H and O–H groups in total. The fourth-order valence-corrected chi connectivity index (χ4v) is 3.86. The quantitative estimate of drug-likeness (QED) is 0.588. The van der Waals surface area contributed by atoms with E-state index in [-0.39, 0.29) is 35.8 Å². The number of rotatable bonds is 10. The Kier molecular flexibility index (Phi) is 8.04. The number of imide groups is 1. The lowest BCUT2D eigenvalue weighted by molar-refractivity contribution is -0.149. The van der Waals surface area contributed by atoms with Gasteiger partial charge in [-0.25, -0.2) is 0 Å². The summed E-state index contributed by atoms with van der Waals surface area (Å²) in [4.78, 5) is 49.2. The van der Waals surface area contributed by atoms with Crippen molar-refractivity contribution in [3.8, 4) is 0 Å². The summed E-state index contributed by atoms with van der Waals surface area (Å²) < 4.78 is 0. The summed E-state index contributed by atoms with van der Waals surface area (Å²) >= 11 is 1.33. The number of hydrogen-bond donors (Lipinski definition) is 0. The van der Waals surface area contributed by atoms with Crippen LogP contribution >= 0.6 is 11.8 Å². The van der Waals surface area contributed by atoms with Crippen LogP contribution in [-0.4, -0.2) is 46.3 Å². The molecular formula is C20H25NO4S. The monoisotopic (exact) mass is 375 g/mol. The molecule has 0 bridgehead atoms.